The van der Waals surface area contributed by atoms with Crippen LogP contribution < -0.4 is 0 Å². The van der Waals surface area contributed by atoms with E-state index >= 15 is 0 Å². The van der Waals surface area contributed by atoms with E-state index in [0.29, 0.717) is 11.8 Å². The van der Waals surface area contributed by atoms with Crippen LogP contribution >= 0.6 is 0 Å². The second-order valence-corrected chi connectivity index (χ2v) is 12.2. The summed E-state index contributed by atoms with van der Waals surface area (Å²) in [4.78, 5) is 4.89. The molecule has 1 aliphatic carbocycles. The average Bonchev–Trinajstić information content (AvgIpc) is 3.47. The van der Waals surface area contributed by atoms with E-state index in [9.17, 15) is 0 Å². The van der Waals surface area contributed by atoms with Crippen LogP contribution in [-0.4, -0.2) is 9.55 Å². The van der Waals surface area contributed by atoms with Gasteiger partial charge in [-0.25, -0.2) is 4.98 Å². The van der Waals surface area contributed by atoms with Gasteiger partial charge in [0.15, 0.2) is 0 Å². The smallest absolute Gasteiger partial charge is 0.144 e. The Morgan fingerprint density at radius 1 is 0.750 bits per heavy atom. The molecule has 0 unspecified atom stereocenters. The lowest BCUT2D eigenvalue weighted by Gasteiger charge is -2.30. The Morgan fingerprint density at radius 2 is 1.32 bits per heavy atom. The highest BCUT2D eigenvalue weighted by Crippen LogP contribution is 2.44. The first-order valence-electron chi connectivity index (χ1n) is 15.9. The molecule has 40 heavy (non-hydrogen) atoms. The maximum atomic E-state index is 4.89. The van der Waals surface area contributed by atoms with Crippen LogP contribution in [0.15, 0.2) is 85.2 Å². The van der Waals surface area contributed by atoms with Gasteiger partial charge in [0, 0.05) is 18.0 Å². The summed E-state index contributed by atoms with van der Waals surface area (Å²) in [6.07, 6.45) is 15.6. The summed E-state index contributed by atoms with van der Waals surface area (Å²) in [5.74, 6) is 3.03. The normalized spacial score (nSPS) is 13.9. The molecule has 1 aliphatic rings. The summed E-state index contributed by atoms with van der Waals surface area (Å²) in [7, 11) is 0. The predicted octanol–water partition coefficient (Wildman–Crippen LogP) is 11.6. The van der Waals surface area contributed by atoms with E-state index in [2.05, 4.69) is 118 Å². The zero-order valence-corrected chi connectivity index (χ0v) is 25.6. The van der Waals surface area contributed by atoms with Crippen molar-refractivity contribution in [1.82, 2.24) is 9.55 Å². The fraction of sp³-hybridized carbons (Fsp3) is 0.447. The van der Waals surface area contributed by atoms with Gasteiger partial charge in [-0.3, -0.25) is 4.57 Å². The zero-order valence-electron chi connectivity index (χ0n) is 25.6. The molecular formula is C38H50N2. The lowest BCUT2D eigenvalue weighted by molar-refractivity contribution is 0.442. The Hall–Kier alpha value is -3.13. The minimum atomic E-state index is 0.548. The molecule has 0 atom stereocenters. The fourth-order valence-corrected chi connectivity index (χ4v) is 6.23. The summed E-state index contributed by atoms with van der Waals surface area (Å²) in [6, 6.07) is 26.7. The molecule has 1 saturated carbocycles. The van der Waals surface area contributed by atoms with E-state index in [1.54, 1.807) is 0 Å². The number of nitrogens with zero attached hydrogens (tertiary/aromatic N) is 2. The van der Waals surface area contributed by atoms with E-state index < -0.39 is 0 Å². The summed E-state index contributed by atoms with van der Waals surface area (Å²) in [5.41, 5.74) is 8.31. The standard InChI is InChI=1S/C34H40N2.C4H10/c1-3-14-27(15-4-2)31-24-30(26-16-8-5-9-17-26)25-32(28-18-10-6-11-19-28)33(31)36-23-22-35-34(36)29-20-12-7-13-21-29;1-4(2)3/h5,7-9,12-13,16-17,20-25,27-28H,3-4,6,10-11,14-15,18-19H2,1-2H3;4H,1-3H3. The number of imidazole rings is 1. The van der Waals surface area contributed by atoms with Gasteiger partial charge in [-0.05, 0) is 77.8 Å². The number of rotatable bonds is 9. The SMILES string of the molecule is CC(C)C.CCCC(CCC)c1cc(-c2ccccc2)cc(C2CCCCC2)c1-n1ccnc1-c1ccccc1. The van der Waals surface area contributed by atoms with Gasteiger partial charge in [-0.2, -0.15) is 0 Å². The van der Waals surface area contributed by atoms with Crippen LogP contribution in [0.2, 0.25) is 0 Å². The minimum absolute atomic E-state index is 0.548. The van der Waals surface area contributed by atoms with Crippen molar-refractivity contribution in [3.63, 3.8) is 0 Å². The van der Waals surface area contributed by atoms with Crippen molar-refractivity contribution in [3.8, 4) is 28.2 Å². The molecule has 0 radical (unpaired) electrons. The van der Waals surface area contributed by atoms with Crippen LogP contribution in [0.25, 0.3) is 28.2 Å². The van der Waals surface area contributed by atoms with Crippen molar-refractivity contribution < 1.29 is 0 Å². The van der Waals surface area contributed by atoms with Gasteiger partial charge in [0.1, 0.15) is 5.82 Å². The molecule has 1 aromatic heterocycles. The van der Waals surface area contributed by atoms with Gasteiger partial charge < -0.3 is 0 Å². The van der Waals surface area contributed by atoms with Gasteiger partial charge in [-0.1, -0.05) is 127 Å². The Bertz CT molecular complexity index is 1270. The van der Waals surface area contributed by atoms with E-state index in [-0.39, 0.29) is 0 Å². The third-order valence-corrected chi connectivity index (χ3v) is 7.95. The third-order valence-electron chi connectivity index (χ3n) is 7.95. The number of benzene rings is 3. The molecule has 4 aromatic rings. The topological polar surface area (TPSA) is 17.8 Å². The monoisotopic (exact) mass is 534 g/mol. The Balaban J connectivity index is 0.000000867. The predicted molar refractivity (Wildman–Crippen MR) is 173 cm³/mol. The van der Waals surface area contributed by atoms with E-state index in [0.717, 1.165) is 11.7 Å². The molecule has 1 heterocycles. The molecule has 0 bridgehead atoms. The second kappa shape index (κ2) is 15.0. The van der Waals surface area contributed by atoms with Crippen molar-refractivity contribution in [3.05, 3.63) is 96.3 Å². The maximum absolute atomic E-state index is 4.89. The van der Waals surface area contributed by atoms with Crippen LogP contribution in [0, 0.1) is 5.92 Å². The highest BCUT2D eigenvalue weighted by molar-refractivity contribution is 5.71. The van der Waals surface area contributed by atoms with Crippen LogP contribution in [0.1, 0.15) is 115 Å². The van der Waals surface area contributed by atoms with Crippen LogP contribution in [-0.2, 0) is 0 Å². The molecule has 1 fully saturated rings. The molecule has 0 spiro atoms. The van der Waals surface area contributed by atoms with Crippen molar-refractivity contribution in [2.45, 2.75) is 104 Å². The first-order valence-corrected chi connectivity index (χ1v) is 15.9. The minimum Gasteiger partial charge on any atom is -0.299 e. The number of hydrogen-bond acceptors (Lipinski definition) is 1. The summed E-state index contributed by atoms with van der Waals surface area (Å²) < 4.78 is 2.42. The van der Waals surface area contributed by atoms with E-state index in [1.807, 2.05) is 6.20 Å². The molecule has 5 rings (SSSR count). The van der Waals surface area contributed by atoms with Crippen molar-refractivity contribution >= 4 is 0 Å². The summed E-state index contributed by atoms with van der Waals surface area (Å²) >= 11 is 0. The molecule has 212 valence electrons. The first kappa shape index (κ1) is 29.8. The van der Waals surface area contributed by atoms with E-state index in [4.69, 9.17) is 4.98 Å². The average molecular weight is 535 g/mol. The molecule has 3 aromatic carbocycles. The molecule has 0 amide bonds. The molecule has 2 nitrogen and oxygen atoms in total. The molecular weight excluding hydrogens is 484 g/mol. The van der Waals surface area contributed by atoms with Gasteiger partial charge >= 0.3 is 0 Å². The fourth-order valence-electron chi connectivity index (χ4n) is 6.23. The Kier molecular flexibility index (Phi) is 11.2. The van der Waals surface area contributed by atoms with Crippen molar-refractivity contribution in [2.24, 2.45) is 5.92 Å². The molecule has 0 N–H and O–H groups in total. The quantitative estimate of drug-likeness (QED) is 0.209. The zero-order chi connectivity index (χ0) is 28.3. The largest absolute Gasteiger partial charge is 0.299 e. The van der Waals surface area contributed by atoms with Crippen LogP contribution in [0.4, 0.5) is 0 Å². The van der Waals surface area contributed by atoms with Gasteiger partial charge in [0.25, 0.3) is 0 Å². The van der Waals surface area contributed by atoms with Crippen molar-refractivity contribution in [1.29, 1.82) is 0 Å². The number of hydrogen-bond donors (Lipinski definition) is 0. The molecule has 0 saturated heterocycles. The number of aromatic nitrogens is 2. The molecule has 0 aliphatic heterocycles. The molecule has 2 heteroatoms. The maximum Gasteiger partial charge on any atom is 0.144 e. The summed E-state index contributed by atoms with van der Waals surface area (Å²) in [5, 5.41) is 0. The van der Waals surface area contributed by atoms with Crippen LogP contribution in [0.5, 0.6) is 0 Å². The van der Waals surface area contributed by atoms with Crippen LogP contribution in [0.3, 0.4) is 0 Å². The van der Waals surface area contributed by atoms with E-state index in [1.165, 1.54) is 91.3 Å². The highest BCUT2D eigenvalue weighted by Gasteiger charge is 2.27. The van der Waals surface area contributed by atoms with Gasteiger partial charge in [0.05, 0.1) is 5.69 Å². The lowest BCUT2D eigenvalue weighted by atomic mass is 9.78. The van der Waals surface area contributed by atoms with Gasteiger partial charge in [0.2, 0.25) is 0 Å². The Labute approximate surface area is 243 Å². The summed E-state index contributed by atoms with van der Waals surface area (Å²) in [6.45, 7) is 11.2. The van der Waals surface area contributed by atoms with Crippen molar-refractivity contribution in [2.75, 3.05) is 0 Å². The lowest BCUT2D eigenvalue weighted by Crippen LogP contribution is -2.14. The first-order chi connectivity index (χ1) is 19.5. The highest BCUT2D eigenvalue weighted by atomic mass is 15.1. The Morgan fingerprint density at radius 3 is 1.90 bits per heavy atom. The second-order valence-electron chi connectivity index (χ2n) is 12.2. The van der Waals surface area contributed by atoms with Gasteiger partial charge in [-0.15, -0.1) is 0 Å². The third kappa shape index (κ3) is 7.53.